The Labute approximate surface area is 102 Å². The van der Waals surface area contributed by atoms with E-state index in [1.165, 1.54) is 22.4 Å². The van der Waals surface area contributed by atoms with Crippen LogP contribution in [0.25, 0.3) is 0 Å². The minimum Gasteiger partial charge on any atom is -0.347 e. The van der Waals surface area contributed by atoms with Gasteiger partial charge >= 0.3 is 0 Å². The Morgan fingerprint density at radius 3 is 2.50 bits per heavy atom. The zero-order chi connectivity index (χ0) is 11.7. The fourth-order valence-electron chi connectivity index (χ4n) is 1.92. The van der Waals surface area contributed by atoms with Gasteiger partial charge in [-0.15, -0.1) is 0 Å². The molecule has 84 valence electrons. The molecule has 0 aliphatic rings. The Hall–Kier alpha value is -1.21. The predicted molar refractivity (Wildman–Crippen MR) is 69.2 cm³/mol. The van der Waals surface area contributed by atoms with Crippen molar-refractivity contribution in [3.63, 3.8) is 0 Å². The Kier molecular flexibility index (Phi) is 3.06. The lowest BCUT2D eigenvalue weighted by Crippen LogP contribution is -2.00. The second-order valence-corrected chi connectivity index (χ2v) is 4.72. The molecule has 0 unspecified atom stereocenters. The van der Waals surface area contributed by atoms with Crippen LogP contribution in [0.15, 0.2) is 30.5 Å². The van der Waals surface area contributed by atoms with Crippen molar-refractivity contribution in [2.45, 2.75) is 27.3 Å². The molecule has 0 atom stereocenters. The topological polar surface area (TPSA) is 4.93 Å². The predicted octanol–water partition coefficient (Wildman–Crippen LogP) is 4.12. The molecule has 1 aromatic carbocycles. The Morgan fingerprint density at radius 2 is 1.94 bits per heavy atom. The average Bonchev–Trinajstić information content (AvgIpc) is 2.47. The van der Waals surface area contributed by atoms with Gasteiger partial charge in [-0.25, -0.2) is 0 Å². The Bertz CT molecular complexity index is 511. The van der Waals surface area contributed by atoms with E-state index in [9.17, 15) is 0 Å². The van der Waals surface area contributed by atoms with E-state index in [1.807, 2.05) is 18.2 Å². The van der Waals surface area contributed by atoms with Crippen LogP contribution in [0.5, 0.6) is 0 Å². The third-order valence-electron chi connectivity index (χ3n) is 3.16. The lowest BCUT2D eigenvalue weighted by Gasteiger charge is -2.07. The summed E-state index contributed by atoms with van der Waals surface area (Å²) in [7, 11) is 0. The van der Waals surface area contributed by atoms with Crippen molar-refractivity contribution < 1.29 is 0 Å². The molecular formula is C14H16ClN. The fraction of sp³-hybridized carbons (Fsp3) is 0.286. The van der Waals surface area contributed by atoms with Crippen LogP contribution < -0.4 is 0 Å². The van der Waals surface area contributed by atoms with Gasteiger partial charge in [0.2, 0.25) is 0 Å². The van der Waals surface area contributed by atoms with E-state index in [2.05, 4.69) is 37.6 Å². The lowest BCUT2D eigenvalue weighted by molar-refractivity contribution is 0.772. The second kappa shape index (κ2) is 4.34. The van der Waals surface area contributed by atoms with Gasteiger partial charge in [-0.2, -0.15) is 0 Å². The molecular weight excluding hydrogens is 218 g/mol. The van der Waals surface area contributed by atoms with Gasteiger partial charge < -0.3 is 4.57 Å². The molecule has 0 radical (unpaired) electrons. The van der Waals surface area contributed by atoms with Gasteiger partial charge in [0, 0.05) is 23.5 Å². The number of nitrogens with zero attached hydrogens (tertiary/aromatic N) is 1. The van der Waals surface area contributed by atoms with Crippen LogP contribution >= 0.6 is 11.6 Å². The van der Waals surface area contributed by atoms with Crippen LogP contribution in [-0.2, 0) is 6.54 Å². The first-order valence-corrected chi connectivity index (χ1v) is 5.83. The minimum absolute atomic E-state index is 0.802. The maximum atomic E-state index is 5.98. The zero-order valence-electron chi connectivity index (χ0n) is 9.92. The van der Waals surface area contributed by atoms with Gasteiger partial charge in [0.05, 0.1) is 0 Å². The van der Waals surface area contributed by atoms with Crippen molar-refractivity contribution in [1.29, 1.82) is 0 Å². The molecule has 1 heterocycles. The highest BCUT2D eigenvalue weighted by atomic mass is 35.5. The smallest absolute Gasteiger partial charge is 0.0473 e. The van der Waals surface area contributed by atoms with E-state index in [-0.39, 0.29) is 0 Å². The molecule has 0 saturated heterocycles. The van der Waals surface area contributed by atoms with Crippen LogP contribution in [0, 0.1) is 20.8 Å². The number of aromatic nitrogens is 1. The lowest BCUT2D eigenvalue weighted by atomic mass is 10.2. The van der Waals surface area contributed by atoms with E-state index >= 15 is 0 Å². The first-order valence-electron chi connectivity index (χ1n) is 5.45. The summed E-state index contributed by atoms with van der Waals surface area (Å²) in [5.41, 5.74) is 5.30. The molecule has 0 aliphatic heterocycles. The molecule has 1 aromatic heterocycles. The third kappa shape index (κ3) is 2.14. The van der Waals surface area contributed by atoms with Gasteiger partial charge in [0.15, 0.2) is 0 Å². The molecule has 0 bridgehead atoms. The summed E-state index contributed by atoms with van der Waals surface area (Å²) in [5.74, 6) is 0. The molecule has 0 N–H and O–H groups in total. The van der Waals surface area contributed by atoms with E-state index in [0.29, 0.717) is 0 Å². The number of hydrogen-bond acceptors (Lipinski definition) is 0. The molecule has 2 aromatic rings. The van der Waals surface area contributed by atoms with Crippen LogP contribution in [0.2, 0.25) is 5.02 Å². The van der Waals surface area contributed by atoms with Crippen molar-refractivity contribution >= 4 is 11.6 Å². The summed E-state index contributed by atoms with van der Waals surface area (Å²) in [6.45, 7) is 7.36. The Morgan fingerprint density at radius 1 is 1.19 bits per heavy atom. The van der Waals surface area contributed by atoms with E-state index < -0.39 is 0 Å². The molecule has 0 spiro atoms. The van der Waals surface area contributed by atoms with Gasteiger partial charge in [0.1, 0.15) is 0 Å². The summed E-state index contributed by atoms with van der Waals surface area (Å²) < 4.78 is 2.27. The van der Waals surface area contributed by atoms with Crippen molar-refractivity contribution in [2.24, 2.45) is 0 Å². The maximum absolute atomic E-state index is 5.98. The Balaban J connectivity index is 2.30. The number of rotatable bonds is 2. The van der Waals surface area contributed by atoms with Crippen molar-refractivity contribution in [1.82, 2.24) is 4.57 Å². The number of benzene rings is 1. The molecule has 0 saturated carbocycles. The fourth-order valence-corrected chi connectivity index (χ4v) is 2.14. The second-order valence-electron chi connectivity index (χ2n) is 4.28. The van der Waals surface area contributed by atoms with Gasteiger partial charge in [-0.1, -0.05) is 23.7 Å². The number of hydrogen-bond donors (Lipinski definition) is 0. The van der Waals surface area contributed by atoms with Crippen LogP contribution in [0.4, 0.5) is 0 Å². The molecule has 0 amide bonds. The maximum Gasteiger partial charge on any atom is 0.0473 e. The highest BCUT2D eigenvalue weighted by Crippen LogP contribution is 2.17. The molecule has 1 nitrogen and oxygen atoms in total. The summed E-state index contributed by atoms with van der Waals surface area (Å²) in [4.78, 5) is 0. The van der Waals surface area contributed by atoms with E-state index in [0.717, 1.165) is 11.6 Å². The molecule has 0 aliphatic carbocycles. The molecule has 2 heteroatoms. The molecule has 2 rings (SSSR count). The normalized spacial score (nSPS) is 10.8. The van der Waals surface area contributed by atoms with Gasteiger partial charge in [-0.3, -0.25) is 0 Å². The van der Waals surface area contributed by atoms with Crippen LogP contribution in [0.3, 0.4) is 0 Å². The van der Waals surface area contributed by atoms with Gasteiger partial charge in [-0.05, 0) is 49.6 Å². The summed E-state index contributed by atoms with van der Waals surface area (Å²) in [5, 5.41) is 0.802. The summed E-state index contributed by atoms with van der Waals surface area (Å²) in [6.07, 6.45) is 2.20. The van der Waals surface area contributed by atoms with Crippen LogP contribution in [0.1, 0.15) is 22.4 Å². The first kappa shape index (κ1) is 11.3. The highest BCUT2D eigenvalue weighted by Gasteiger charge is 2.05. The number of halogens is 1. The minimum atomic E-state index is 0.802. The van der Waals surface area contributed by atoms with E-state index in [1.54, 1.807) is 0 Å². The van der Waals surface area contributed by atoms with Crippen molar-refractivity contribution in [3.05, 3.63) is 57.9 Å². The van der Waals surface area contributed by atoms with Gasteiger partial charge in [0.25, 0.3) is 0 Å². The van der Waals surface area contributed by atoms with Crippen molar-refractivity contribution in [3.8, 4) is 0 Å². The zero-order valence-corrected chi connectivity index (χ0v) is 10.7. The molecule has 16 heavy (non-hydrogen) atoms. The third-order valence-corrected chi connectivity index (χ3v) is 3.39. The number of aryl methyl sites for hydroxylation is 1. The first-order chi connectivity index (χ1) is 7.58. The SMILES string of the molecule is Cc1cn(Cc2cccc(Cl)c2)c(C)c1C. The van der Waals surface area contributed by atoms with Crippen LogP contribution in [-0.4, -0.2) is 4.57 Å². The standard InChI is InChI=1S/C14H16ClN/c1-10-8-16(12(3)11(10)2)9-13-5-4-6-14(15)7-13/h4-8H,9H2,1-3H3. The average molecular weight is 234 g/mol. The monoisotopic (exact) mass is 233 g/mol. The largest absolute Gasteiger partial charge is 0.347 e. The quantitative estimate of drug-likeness (QED) is 0.736. The van der Waals surface area contributed by atoms with Crippen molar-refractivity contribution in [2.75, 3.05) is 0 Å². The molecule has 0 fully saturated rings. The summed E-state index contributed by atoms with van der Waals surface area (Å²) >= 11 is 5.98. The summed E-state index contributed by atoms with van der Waals surface area (Å²) in [6, 6.07) is 8.03. The van der Waals surface area contributed by atoms with E-state index in [4.69, 9.17) is 11.6 Å². The highest BCUT2D eigenvalue weighted by molar-refractivity contribution is 6.30.